The summed E-state index contributed by atoms with van der Waals surface area (Å²) < 4.78 is 0. The normalized spacial score (nSPS) is 15.8. The van der Waals surface area contributed by atoms with Gasteiger partial charge in [0.15, 0.2) is 0 Å². The van der Waals surface area contributed by atoms with E-state index >= 15 is 0 Å². The summed E-state index contributed by atoms with van der Waals surface area (Å²) >= 11 is 0. The largest absolute Gasteiger partial charge is 0.353 e. The maximum atomic E-state index is 12.6. The predicted octanol–water partition coefficient (Wildman–Crippen LogP) is 3.73. The van der Waals surface area contributed by atoms with E-state index < -0.39 is 6.04 Å². The van der Waals surface area contributed by atoms with Gasteiger partial charge in [0.05, 0.1) is 17.8 Å². The number of fused-ring (bicyclic) bond motifs is 1. The molecule has 2 aromatic carbocycles. The van der Waals surface area contributed by atoms with E-state index in [9.17, 15) is 9.59 Å². The quantitative estimate of drug-likeness (QED) is 0.809. The Kier molecular flexibility index (Phi) is 5.07. The van der Waals surface area contributed by atoms with Crippen LogP contribution in [0, 0.1) is 6.92 Å². The van der Waals surface area contributed by atoms with Crippen LogP contribution in [0.2, 0.25) is 0 Å². The third kappa shape index (κ3) is 3.77. The van der Waals surface area contributed by atoms with E-state index in [4.69, 9.17) is 0 Å². The minimum atomic E-state index is -0.578. The molecule has 2 N–H and O–H groups in total. The molecule has 0 aromatic heterocycles. The van der Waals surface area contributed by atoms with Gasteiger partial charge in [-0.1, -0.05) is 42.5 Å². The van der Waals surface area contributed by atoms with Crippen molar-refractivity contribution >= 4 is 28.9 Å². The van der Waals surface area contributed by atoms with Crippen molar-refractivity contribution in [3.8, 4) is 0 Å². The highest BCUT2D eigenvalue weighted by Gasteiger charge is 2.34. The summed E-state index contributed by atoms with van der Waals surface area (Å²) in [7, 11) is 0. The molecule has 0 radical (unpaired) electrons. The zero-order chi connectivity index (χ0) is 18.7. The van der Waals surface area contributed by atoms with Crippen molar-refractivity contribution in [2.75, 3.05) is 22.1 Å². The van der Waals surface area contributed by atoms with Gasteiger partial charge < -0.3 is 15.5 Å². The first kappa shape index (κ1) is 17.7. The first-order valence-corrected chi connectivity index (χ1v) is 8.62. The summed E-state index contributed by atoms with van der Waals surface area (Å²) in [6, 6.07) is 14.6. The first-order chi connectivity index (χ1) is 12.5. The van der Waals surface area contributed by atoms with Gasteiger partial charge in [0.1, 0.15) is 6.04 Å². The van der Waals surface area contributed by atoms with Crippen molar-refractivity contribution in [2.45, 2.75) is 26.3 Å². The van der Waals surface area contributed by atoms with E-state index in [-0.39, 0.29) is 18.2 Å². The Bertz CT molecular complexity index is 860. The van der Waals surface area contributed by atoms with Crippen molar-refractivity contribution in [3.63, 3.8) is 0 Å². The van der Waals surface area contributed by atoms with Gasteiger partial charge in [-0.2, -0.15) is 0 Å². The average Bonchev–Trinajstić information content (AvgIpc) is 2.59. The molecule has 1 aliphatic rings. The molecule has 5 nitrogen and oxygen atoms in total. The summed E-state index contributed by atoms with van der Waals surface area (Å²) in [5.41, 5.74) is 4.34. The number of hydrogen-bond acceptors (Lipinski definition) is 3. The lowest BCUT2D eigenvalue weighted by atomic mass is 10.0. The molecule has 0 saturated heterocycles. The van der Waals surface area contributed by atoms with Gasteiger partial charge in [0.25, 0.3) is 0 Å². The van der Waals surface area contributed by atoms with Crippen molar-refractivity contribution in [3.05, 3.63) is 66.2 Å². The molecule has 0 spiro atoms. The molecule has 1 atom stereocenters. The minimum Gasteiger partial charge on any atom is -0.353 e. The highest BCUT2D eigenvalue weighted by atomic mass is 16.2. The van der Waals surface area contributed by atoms with Crippen molar-refractivity contribution in [1.29, 1.82) is 0 Å². The molecule has 26 heavy (non-hydrogen) atoms. The highest BCUT2D eigenvalue weighted by molar-refractivity contribution is 6.06. The van der Waals surface area contributed by atoms with E-state index in [0.717, 1.165) is 28.2 Å². The monoisotopic (exact) mass is 349 g/mol. The SMILES string of the molecule is C=C(C)CN1c2ccccc2NC(=O)[C@H]1CC(=O)Nc1ccccc1C. The number of carbonyl (C=O) groups excluding carboxylic acids is 2. The lowest BCUT2D eigenvalue weighted by molar-refractivity contribution is -0.122. The minimum absolute atomic E-state index is 0.0712. The van der Waals surface area contributed by atoms with E-state index in [1.807, 2.05) is 67.3 Å². The molecule has 0 unspecified atom stereocenters. The molecule has 0 fully saturated rings. The lowest BCUT2D eigenvalue weighted by Crippen LogP contribution is -2.50. The highest BCUT2D eigenvalue weighted by Crippen LogP contribution is 2.33. The van der Waals surface area contributed by atoms with Crippen LogP contribution in [0.25, 0.3) is 0 Å². The number of rotatable bonds is 5. The molecular formula is C21H23N3O2. The topological polar surface area (TPSA) is 61.4 Å². The van der Waals surface area contributed by atoms with Crippen LogP contribution in [0.3, 0.4) is 0 Å². The van der Waals surface area contributed by atoms with Gasteiger partial charge >= 0.3 is 0 Å². The molecule has 1 heterocycles. The van der Waals surface area contributed by atoms with Crippen LogP contribution < -0.4 is 15.5 Å². The van der Waals surface area contributed by atoms with E-state index in [1.54, 1.807) is 0 Å². The predicted molar refractivity (Wildman–Crippen MR) is 105 cm³/mol. The molecule has 0 saturated carbocycles. The van der Waals surface area contributed by atoms with Crippen molar-refractivity contribution in [2.24, 2.45) is 0 Å². The fourth-order valence-electron chi connectivity index (χ4n) is 3.13. The molecule has 0 aliphatic carbocycles. The maximum absolute atomic E-state index is 12.6. The maximum Gasteiger partial charge on any atom is 0.247 e. The first-order valence-electron chi connectivity index (χ1n) is 8.62. The Morgan fingerprint density at radius 3 is 2.62 bits per heavy atom. The fourth-order valence-corrected chi connectivity index (χ4v) is 3.13. The van der Waals surface area contributed by atoms with Crippen LogP contribution in [0.4, 0.5) is 17.1 Å². The second-order valence-corrected chi connectivity index (χ2v) is 6.67. The van der Waals surface area contributed by atoms with Gasteiger partial charge in [-0.3, -0.25) is 9.59 Å². The van der Waals surface area contributed by atoms with Gasteiger partial charge in [-0.25, -0.2) is 0 Å². The molecule has 2 amide bonds. The second kappa shape index (κ2) is 7.44. The van der Waals surface area contributed by atoms with Crippen molar-refractivity contribution < 1.29 is 9.59 Å². The third-order valence-electron chi connectivity index (χ3n) is 4.39. The van der Waals surface area contributed by atoms with Crippen LogP contribution in [0.15, 0.2) is 60.7 Å². The zero-order valence-corrected chi connectivity index (χ0v) is 15.1. The smallest absolute Gasteiger partial charge is 0.247 e. The van der Waals surface area contributed by atoms with Crippen LogP contribution in [0.1, 0.15) is 18.9 Å². The Morgan fingerprint density at radius 1 is 1.19 bits per heavy atom. The summed E-state index contributed by atoms with van der Waals surface area (Å²) in [5, 5.41) is 5.81. The third-order valence-corrected chi connectivity index (χ3v) is 4.39. The molecular weight excluding hydrogens is 326 g/mol. The van der Waals surface area contributed by atoms with E-state index in [1.165, 1.54) is 0 Å². The van der Waals surface area contributed by atoms with E-state index in [0.29, 0.717) is 6.54 Å². The number of para-hydroxylation sites is 3. The standard InChI is InChI=1S/C21H23N3O2/c1-14(2)13-24-18-11-7-6-10-17(18)23-21(26)19(24)12-20(25)22-16-9-5-4-8-15(16)3/h4-11,19H,1,12-13H2,2-3H3,(H,22,25)(H,23,26)/t19-/m1/s1. The van der Waals surface area contributed by atoms with Gasteiger partial charge in [-0.05, 0) is 37.6 Å². The number of aryl methyl sites for hydroxylation is 1. The Labute approximate surface area is 153 Å². The fraction of sp³-hybridized carbons (Fsp3) is 0.238. The number of nitrogens with zero attached hydrogens (tertiary/aromatic N) is 1. The molecule has 5 heteroatoms. The Hall–Kier alpha value is -3.08. The number of amides is 2. The number of hydrogen-bond donors (Lipinski definition) is 2. The van der Waals surface area contributed by atoms with Crippen LogP contribution >= 0.6 is 0 Å². The molecule has 2 aromatic rings. The Balaban J connectivity index is 1.82. The number of anilines is 3. The molecule has 134 valence electrons. The van der Waals surface area contributed by atoms with Crippen LogP contribution in [-0.4, -0.2) is 24.4 Å². The summed E-state index contributed by atoms with van der Waals surface area (Å²) in [6.07, 6.45) is 0.0712. The molecule has 1 aliphatic heterocycles. The number of carbonyl (C=O) groups is 2. The number of nitrogens with one attached hydrogen (secondary N) is 2. The molecule has 0 bridgehead atoms. The summed E-state index contributed by atoms with van der Waals surface area (Å²) in [4.78, 5) is 27.2. The van der Waals surface area contributed by atoms with Gasteiger partial charge in [0, 0.05) is 12.2 Å². The second-order valence-electron chi connectivity index (χ2n) is 6.67. The van der Waals surface area contributed by atoms with Crippen LogP contribution in [-0.2, 0) is 9.59 Å². The van der Waals surface area contributed by atoms with E-state index in [2.05, 4.69) is 17.2 Å². The summed E-state index contributed by atoms with van der Waals surface area (Å²) in [5.74, 6) is -0.365. The Morgan fingerprint density at radius 2 is 1.88 bits per heavy atom. The van der Waals surface area contributed by atoms with Gasteiger partial charge in [-0.15, -0.1) is 0 Å². The summed E-state index contributed by atoms with van der Waals surface area (Å²) in [6.45, 7) is 8.34. The van der Waals surface area contributed by atoms with Crippen molar-refractivity contribution in [1.82, 2.24) is 0 Å². The average molecular weight is 349 g/mol. The lowest BCUT2D eigenvalue weighted by Gasteiger charge is -2.38. The molecule has 3 rings (SSSR count). The zero-order valence-electron chi connectivity index (χ0n) is 15.1. The van der Waals surface area contributed by atoms with Crippen LogP contribution in [0.5, 0.6) is 0 Å². The van der Waals surface area contributed by atoms with Gasteiger partial charge in [0.2, 0.25) is 11.8 Å². The number of benzene rings is 2.